The fraction of sp³-hybridized carbons (Fsp3) is 0.222. The summed E-state index contributed by atoms with van der Waals surface area (Å²) in [6.45, 7) is 3.81. The SMILES string of the molecule is C=CC1COc2c(cn(C)c2C(=O)Nc2ccc(F)c(C#N)c2)S(=O)N1.CO. The van der Waals surface area contributed by atoms with E-state index in [9.17, 15) is 13.4 Å². The van der Waals surface area contributed by atoms with E-state index in [-0.39, 0.29) is 35.3 Å². The first-order chi connectivity index (χ1) is 13.4. The lowest BCUT2D eigenvalue weighted by atomic mass is 10.2. The molecule has 3 rings (SSSR count). The standard InChI is InChI=1S/C17H15FN4O3S.CH4O/c1-3-11-9-25-16-14(26(24)21-11)8-22(2)15(16)17(23)20-12-4-5-13(18)10(6-12)7-19;1-2/h3-6,8,11,21H,1,9H2,2H3,(H,20,23);2H,1H3. The minimum atomic E-state index is -1.56. The van der Waals surface area contributed by atoms with Crippen LogP contribution in [0.4, 0.5) is 10.1 Å². The number of rotatable bonds is 3. The van der Waals surface area contributed by atoms with Gasteiger partial charge in [0.2, 0.25) is 0 Å². The number of aliphatic hydroxyl groups is 1. The van der Waals surface area contributed by atoms with Crippen molar-refractivity contribution in [1.82, 2.24) is 9.29 Å². The summed E-state index contributed by atoms with van der Waals surface area (Å²) >= 11 is 0. The van der Waals surface area contributed by atoms with Crippen LogP contribution in [-0.2, 0) is 18.0 Å². The van der Waals surface area contributed by atoms with Gasteiger partial charge in [-0.15, -0.1) is 6.58 Å². The number of halogens is 1. The van der Waals surface area contributed by atoms with Crippen molar-refractivity contribution in [3.8, 4) is 11.8 Å². The molecule has 1 aliphatic heterocycles. The van der Waals surface area contributed by atoms with Crippen LogP contribution >= 0.6 is 0 Å². The molecule has 3 N–H and O–H groups in total. The Hall–Kier alpha value is -3.00. The molecular formula is C18H19FN4O4S. The number of nitrogens with zero attached hydrogens (tertiary/aromatic N) is 2. The normalized spacial score (nSPS) is 17.7. The molecule has 0 saturated heterocycles. The second kappa shape index (κ2) is 9.27. The molecule has 28 heavy (non-hydrogen) atoms. The zero-order valence-electron chi connectivity index (χ0n) is 15.2. The van der Waals surface area contributed by atoms with Gasteiger partial charge in [-0.05, 0) is 18.2 Å². The van der Waals surface area contributed by atoms with Crippen LogP contribution in [0.3, 0.4) is 0 Å². The predicted molar refractivity (Wildman–Crippen MR) is 102 cm³/mol. The number of benzene rings is 1. The van der Waals surface area contributed by atoms with Crippen molar-refractivity contribution in [2.75, 3.05) is 19.0 Å². The summed E-state index contributed by atoms with van der Waals surface area (Å²) in [7, 11) is 1.06. The lowest BCUT2D eigenvalue weighted by Crippen LogP contribution is -2.31. The largest absolute Gasteiger partial charge is 0.488 e. The molecule has 2 aromatic rings. The molecule has 0 bridgehead atoms. The smallest absolute Gasteiger partial charge is 0.276 e. The van der Waals surface area contributed by atoms with Crippen LogP contribution in [0.25, 0.3) is 0 Å². The zero-order valence-corrected chi connectivity index (χ0v) is 16.0. The minimum Gasteiger partial charge on any atom is -0.488 e. The summed E-state index contributed by atoms with van der Waals surface area (Å²) < 4.78 is 35.8. The number of hydrogen-bond acceptors (Lipinski definition) is 5. The van der Waals surface area contributed by atoms with Crippen LogP contribution in [0.5, 0.6) is 5.75 Å². The average molecular weight is 406 g/mol. The maximum Gasteiger partial charge on any atom is 0.276 e. The van der Waals surface area contributed by atoms with E-state index in [1.54, 1.807) is 25.4 Å². The third-order valence-electron chi connectivity index (χ3n) is 3.81. The zero-order chi connectivity index (χ0) is 20.8. The highest BCUT2D eigenvalue weighted by atomic mass is 32.2. The van der Waals surface area contributed by atoms with Crippen LogP contribution in [0.1, 0.15) is 16.1 Å². The van der Waals surface area contributed by atoms with Crippen molar-refractivity contribution in [1.29, 1.82) is 5.26 Å². The molecule has 0 fully saturated rings. The molecule has 2 unspecified atom stereocenters. The fourth-order valence-electron chi connectivity index (χ4n) is 2.51. The van der Waals surface area contributed by atoms with Gasteiger partial charge in [-0.1, -0.05) is 6.08 Å². The van der Waals surface area contributed by atoms with Crippen LogP contribution in [0.15, 0.2) is 41.9 Å². The maximum absolute atomic E-state index is 13.4. The molecule has 2 atom stereocenters. The number of nitrogens with one attached hydrogen (secondary N) is 2. The Labute approximate surface area is 163 Å². The quantitative estimate of drug-likeness (QED) is 0.667. The Morgan fingerprint density at radius 3 is 2.93 bits per heavy atom. The number of aromatic nitrogens is 1. The molecule has 0 saturated carbocycles. The van der Waals surface area contributed by atoms with Crippen molar-refractivity contribution >= 4 is 22.6 Å². The second-order valence-corrected chi connectivity index (χ2v) is 6.80. The maximum atomic E-state index is 13.4. The molecule has 10 heteroatoms. The highest BCUT2D eigenvalue weighted by molar-refractivity contribution is 7.83. The van der Waals surface area contributed by atoms with E-state index in [0.29, 0.717) is 4.90 Å². The summed E-state index contributed by atoms with van der Waals surface area (Å²) in [5.74, 6) is -0.986. The van der Waals surface area contributed by atoms with Gasteiger partial charge in [-0.25, -0.2) is 13.3 Å². The molecule has 0 spiro atoms. The molecule has 2 heterocycles. The molecule has 0 aliphatic carbocycles. The number of amides is 1. The Bertz CT molecular complexity index is 967. The van der Waals surface area contributed by atoms with Crippen molar-refractivity contribution in [2.45, 2.75) is 10.9 Å². The summed E-state index contributed by atoms with van der Waals surface area (Å²) in [6.07, 6.45) is 3.12. The minimum absolute atomic E-state index is 0.168. The van der Waals surface area contributed by atoms with Crippen LogP contribution in [0, 0.1) is 17.1 Å². The number of fused-ring (bicyclic) bond motifs is 1. The fourth-order valence-corrected chi connectivity index (χ4v) is 3.66. The van der Waals surface area contributed by atoms with Gasteiger partial charge in [-0.3, -0.25) is 4.79 Å². The Kier molecular flexibility index (Phi) is 7.06. The van der Waals surface area contributed by atoms with Crippen molar-refractivity contribution in [3.63, 3.8) is 0 Å². The third kappa shape index (κ3) is 4.28. The number of aliphatic hydroxyl groups excluding tert-OH is 1. The first-order valence-electron chi connectivity index (χ1n) is 8.03. The number of aryl methyl sites for hydroxylation is 1. The first-order valence-corrected chi connectivity index (χ1v) is 9.18. The van der Waals surface area contributed by atoms with Crippen LogP contribution in [0.2, 0.25) is 0 Å². The summed E-state index contributed by atoms with van der Waals surface area (Å²) in [6, 6.07) is 5.09. The lowest BCUT2D eigenvalue weighted by Gasteiger charge is -2.12. The van der Waals surface area contributed by atoms with E-state index in [1.165, 1.54) is 16.7 Å². The molecule has 8 nitrogen and oxygen atoms in total. The Morgan fingerprint density at radius 1 is 1.57 bits per heavy atom. The van der Waals surface area contributed by atoms with Gasteiger partial charge in [0.15, 0.2) is 11.4 Å². The summed E-state index contributed by atoms with van der Waals surface area (Å²) in [4.78, 5) is 13.0. The molecule has 1 aromatic carbocycles. The van der Waals surface area contributed by atoms with E-state index in [0.717, 1.165) is 13.2 Å². The van der Waals surface area contributed by atoms with Gasteiger partial charge < -0.3 is 19.7 Å². The molecule has 148 valence electrons. The van der Waals surface area contributed by atoms with Gasteiger partial charge in [-0.2, -0.15) is 5.26 Å². The Morgan fingerprint density at radius 2 is 2.29 bits per heavy atom. The van der Waals surface area contributed by atoms with Crippen molar-refractivity contribution < 1.29 is 23.2 Å². The van der Waals surface area contributed by atoms with Gasteiger partial charge in [0.05, 0.1) is 11.6 Å². The summed E-state index contributed by atoms with van der Waals surface area (Å²) in [5.41, 5.74) is 0.256. The lowest BCUT2D eigenvalue weighted by molar-refractivity contribution is 0.101. The van der Waals surface area contributed by atoms with E-state index >= 15 is 0 Å². The van der Waals surface area contributed by atoms with Gasteiger partial charge in [0.25, 0.3) is 5.91 Å². The monoisotopic (exact) mass is 406 g/mol. The van der Waals surface area contributed by atoms with Gasteiger partial charge >= 0.3 is 0 Å². The molecule has 0 radical (unpaired) electrons. The summed E-state index contributed by atoms with van der Waals surface area (Å²) in [5, 5.41) is 18.5. The number of carbonyl (C=O) groups excluding carboxylic acids is 1. The van der Waals surface area contributed by atoms with Gasteiger partial charge in [0, 0.05) is 26.0 Å². The van der Waals surface area contributed by atoms with E-state index < -0.39 is 22.7 Å². The van der Waals surface area contributed by atoms with Gasteiger partial charge in [0.1, 0.15) is 34.4 Å². The highest BCUT2D eigenvalue weighted by Crippen LogP contribution is 2.31. The van der Waals surface area contributed by atoms with Crippen LogP contribution in [-0.4, -0.2) is 39.5 Å². The number of hydrogen-bond donors (Lipinski definition) is 3. The number of ether oxygens (including phenoxy) is 1. The number of anilines is 1. The van der Waals surface area contributed by atoms with Crippen LogP contribution < -0.4 is 14.8 Å². The highest BCUT2D eigenvalue weighted by Gasteiger charge is 2.29. The van der Waals surface area contributed by atoms with Crippen molar-refractivity contribution in [2.24, 2.45) is 7.05 Å². The molecule has 1 aromatic heterocycles. The van der Waals surface area contributed by atoms with E-state index in [4.69, 9.17) is 15.1 Å². The van der Waals surface area contributed by atoms with E-state index in [2.05, 4.69) is 16.6 Å². The first kappa shape index (κ1) is 21.3. The third-order valence-corrected chi connectivity index (χ3v) is 5.02. The van der Waals surface area contributed by atoms with E-state index in [1.807, 2.05) is 0 Å². The average Bonchev–Trinajstić information content (AvgIpc) is 2.96. The predicted octanol–water partition coefficient (Wildman–Crippen LogP) is 1.46. The molecule has 1 aliphatic rings. The van der Waals surface area contributed by atoms with Crippen molar-refractivity contribution in [3.05, 3.63) is 54.1 Å². The number of carbonyl (C=O) groups is 1. The molecular weight excluding hydrogens is 387 g/mol. The number of nitriles is 1. The Balaban J connectivity index is 0.00000136. The topological polar surface area (TPSA) is 116 Å². The second-order valence-electron chi connectivity index (χ2n) is 5.58. The molecule has 1 amide bonds.